The summed E-state index contributed by atoms with van der Waals surface area (Å²) in [4.78, 5) is 13.7. The Bertz CT molecular complexity index is 613. The smallest absolute Gasteiger partial charge is 0.408 e. The van der Waals surface area contributed by atoms with Crippen molar-refractivity contribution in [3.05, 3.63) is 22.7 Å². The Morgan fingerprint density at radius 1 is 1.50 bits per heavy atom. The van der Waals surface area contributed by atoms with Crippen LogP contribution in [0.3, 0.4) is 0 Å². The fourth-order valence-electron chi connectivity index (χ4n) is 1.83. The molecule has 1 heterocycles. The number of hydrogen-bond donors (Lipinski definition) is 4. The minimum Gasteiger partial charge on any atom is -0.408 e. The first-order chi connectivity index (χ1) is 8.41. The van der Waals surface area contributed by atoms with E-state index in [-0.39, 0.29) is 12.1 Å². The number of rotatable bonds is 4. The van der Waals surface area contributed by atoms with Gasteiger partial charge in [0.05, 0.1) is 16.9 Å². The third kappa shape index (κ3) is 2.48. The van der Waals surface area contributed by atoms with Crippen LogP contribution in [0.25, 0.3) is 11.1 Å². The van der Waals surface area contributed by atoms with Crippen LogP contribution in [0.5, 0.6) is 0 Å². The highest BCUT2D eigenvalue weighted by molar-refractivity contribution is 5.85. The lowest BCUT2D eigenvalue weighted by Gasteiger charge is -2.27. The van der Waals surface area contributed by atoms with Crippen LogP contribution in [-0.4, -0.2) is 22.2 Å². The van der Waals surface area contributed by atoms with Crippen LogP contribution in [0, 0.1) is 0 Å². The standard InChI is InChI=1S/C12H17N3O3/c1-12(2,3-4-16)15-8-6-9-10(5-7(8)13)18-11(17)14-9/h5-6,15-16H,3-4,13H2,1-2H3,(H,14,17). The molecule has 0 fully saturated rings. The Labute approximate surface area is 104 Å². The van der Waals surface area contributed by atoms with Crippen LogP contribution in [-0.2, 0) is 0 Å². The summed E-state index contributed by atoms with van der Waals surface area (Å²) >= 11 is 0. The molecule has 2 rings (SSSR count). The largest absolute Gasteiger partial charge is 0.417 e. The van der Waals surface area contributed by atoms with E-state index in [0.717, 1.165) is 0 Å². The number of H-pyrrole nitrogens is 1. The molecule has 98 valence electrons. The molecule has 0 bridgehead atoms. The van der Waals surface area contributed by atoms with Crippen molar-refractivity contribution in [2.24, 2.45) is 0 Å². The van der Waals surface area contributed by atoms with Gasteiger partial charge in [0, 0.05) is 18.2 Å². The third-order valence-electron chi connectivity index (χ3n) is 2.80. The molecule has 0 amide bonds. The zero-order valence-corrected chi connectivity index (χ0v) is 10.4. The summed E-state index contributed by atoms with van der Waals surface area (Å²) in [5.74, 6) is -0.504. The molecule has 2 aromatic rings. The molecule has 0 aliphatic carbocycles. The maximum atomic E-state index is 11.1. The maximum Gasteiger partial charge on any atom is 0.417 e. The number of fused-ring (bicyclic) bond motifs is 1. The van der Waals surface area contributed by atoms with Gasteiger partial charge < -0.3 is 20.6 Å². The number of oxazole rings is 1. The molecule has 0 aliphatic rings. The molecule has 1 aromatic heterocycles. The Balaban J connectivity index is 2.38. The summed E-state index contributed by atoms with van der Waals surface area (Å²) in [5, 5.41) is 12.2. The highest BCUT2D eigenvalue weighted by Crippen LogP contribution is 2.27. The summed E-state index contributed by atoms with van der Waals surface area (Å²) in [5.41, 5.74) is 7.84. The lowest BCUT2D eigenvalue weighted by atomic mass is 10.0. The number of nitrogen functional groups attached to an aromatic ring is 1. The van der Waals surface area contributed by atoms with E-state index in [1.807, 2.05) is 13.8 Å². The molecule has 1 aromatic carbocycles. The molecule has 0 saturated heterocycles. The SMILES string of the molecule is CC(C)(CCO)Nc1cc2[nH]c(=O)oc2cc1N. The van der Waals surface area contributed by atoms with E-state index >= 15 is 0 Å². The topological polar surface area (TPSA) is 104 Å². The zero-order valence-electron chi connectivity index (χ0n) is 10.4. The van der Waals surface area contributed by atoms with Crippen molar-refractivity contribution in [2.75, 3.05) is 17.7 Å². The number of anilines is 2. The summed E-state index contributed by atoms with van der Waals surface area (Å²) in [6.45, 7) is 4.01. The lowest BCUT2D eigenvalue weighted by Crippen LogP contribution is -2.32. The highest BCUT2D eigenvalue weighted by atomic mass is 16.4. The molecule has 6 heteroatoms. The van der Waals surface area contributed by atoms with E-state index < -0.39 is 5.76 Å². The van der Waals surface area contributed by atoms with Gasteiger partial charge in [-0.1, -0.05) is 0 Å². The predicted octanol–water partition coefficient (Wildman–Crippen LogP) is 1.28. The van der Waals surface area contributed by atoms with Crippen molar-refractivity contribution in [2.45, 2.75) is 25.8 Å². The van der Waals surface area contributed by atoms with Crippen LogP contribution in [0.15, 0.2) is 21.3 Å². The molecule has 0 spiro atoms. The van der Waals surface area contributed by atoms with Gasteiger partial charge in [-0.3, -0.25) is 4.98 Å². The Morgan fingerprint density at radius 2 is 2.22 bits per heavy atom. The molecule has 18 heavy (non-hydrogen) atoms. The third-order valence-corrected chi connectivity index (χ3v) is 2.80. The van der Waals surface area contributed by atoms with E-state index in [9.17, 15) is 4.79 Å². The maximum absolute atomic E-state index is 11.1. The van der Waals surface area contributed by atoms with Gasteiger partial charge >= 0.3 is 5.76 Å². The van der Waals surface area contributed by atoms with Crippen molar-refractivity contribution < 1.29 is 9.52 Å². The fourth-order valence-corrected chi connectivity index (χ4v) is 1.83. The number of aromatic amines is 1. The number of aliphatic hydroxyl groups excluding tert-OH is 1. The molecule has 0 unspecified atom stereocenters. The molecule has 5 N–H and O–H groups in total. The molecule has 0 radical (unpaired) electrons. The van der Waals surface area contributed by atoms with Crippen LogP contribution < -0.4 is 16.8 Å². The van der Waals surface area contributed by atoms with Gasteiger partial charge in [0.25, 0.3) is 0 Å². The minimum absolute atomic E-state index is 0.0880. The quantitative estimate of drug-likeness (QED) is 0.613. The molecule has 6 nitrogen and oxygen atoms in total. The van der Waals surface area contributed by atoms with Crippen molar-refractivity contribution in [3.63, 3.8) is 0 Å². The van der Waals surface area contributed by atoms with E-state index in [2.05, 4.69) is 10.3 Å². The van der Waals surface area contributed by atoms with Gasteiger partial charge in [-0.05, 0) is 26.3 Å². The van der Waals surface area contributed by atoms with Gasteiger partial charge in [-0.15, -0.1) is 0 Å². The van der Waals surface area contributed by atoms with Gasteiger partial charge in [0.2, 0.25) is 0 Å². The second-order valence-corrected chi connectivity index (χ2v) is 4.93. The van der Waals surface area contributed by atoms with Crippen molar-refractivity contribution in [1.82, 2.24) is 4.98 Å². The van der Waals surface area contributed by atoms with E-state index in [4.69, 9.17) is 15.3 Å². The van der Waals surface area contributed by atoms with Crippen molar-refractivity contribution >= 4 is 22.5 Å². The monoisotopic (exact) mass is 251 g/mol. The van der Waals surface area contributed by atoms with E-state index in [1.165, 1.54) is 0 Å². The van der Waals surface area contributed by atoms with Crippen molar-refractivity contribution in [3.8, 4) is 0 Å². The van der Waals surface area contributed by atoms with Crippen LogP contribution in [0.2, 0.25) is 0 Å². The molecular weight excluding hydrogens is 234 g/mol. The average Bonchev–Trinajstić information content (AvgIpc) is 2.57. The number of nitrogens with two attached hydrogens (primary N) is 1. The van der Waals surface area contributed by atoms with Crippen molar-refractivity contribution in [1.29, 1.82) is 0 Å². The Kier molecular flexibility index (Phi) is 3.04. The lowest BCUT2D eigenvalue weighted by molar-refractivity contribution is 0.261. The predicted molar refractivity (Wildman–Crippen MR) is 70.7 cm³/mol. The first kappa shape index (κ1) is 12.5. The molecule has 0 atom stereocenters. The highest BCUT2D eigenvalue weighted by Gasteiger charge is 2.18. The number of hydrogen-bond acceptors (Lipinski definition) is 5. The average molecular weight is 251 g/mol. The second kappa shape index (κ2) is 4.38. The summed E-state index contributed by atoms with van der Waals surface area (Å²) in [6.07, 6.45) is 0.590. The van der Waals surface area contributed by atoms with E-state index in [0.29, 0.717) is 28.9 Å². The summed E-state index contributed by atoms with van der Waals surface area (Å²) in [6, 6.07) is 3.33. The van der Waals surface area contributed by atoms with Gasteiger partial charge in [0.1, 0.15) is 0 Å². The first-order valence-corrected chi connectivity index (χ1v) is 5.73. The number of aliphatic hydroxyl groups is 1. The molecular formula is C12H17N3O3. The van der Waals surface area contributed by atoms with Gasteiger partial charge in [-0.2, -0.15) is 0 Å². The van der Waals surface area contributed by atoms with E-state index in [1.54, 1.807) is 12.1 Å². The van der Waals surface area contributed by atoms with Crippen LogP contribution in [0.4, 0.5) is 11.4 Å². The Hall–Kier alpha value is -1.95. The number of benzene rings is 1. The molecule has 0 aliphatic heterocycles. The number of aromatic nitrogens is 1. The normalized spacial score (nSPS) is 11.9. The van der Waals surface area contributed by atoms with Crippen LogP contribution >= 0.6 is 0 Å². The first-order valence-electron chi connectivity index (χ1n) is 5.73. The zero-order chi connectivity index (χ0) is 13.3. The van der Waals surface area contributed by atoms with Gasteiger partial charge in [0.15, 0.2) is 5.58 Å². The molecule has 0 saturated carbocycles. The van der Waals surface area contributed by atoms with Gasteiger partial charge in [-0.25, -0.2) is 4.79 Å². The minimum atomic E-state index is -0.504. The summed E-state index contributed by atoms with van der Waals surface area (Å²) in [7, 11) is 0. The van der Waals surface area contributed by atoms with Crippen LogP contribution in [0.1, 0.15) is 20.3 Å². The Morgan fingerprint density at radius 3 is 2.89 bits per heavy atom. The second-order valence-electron chi connectivity index (χ2n) is 4.93. The summed E-state index contributed by atoms with van der Waals surface area (Å²) < 4.78 is 4.92. The fraction of sp³-hybridized carbons (Fsp3) is 0.417. The number of nitrogens with one attached hydrogen (secondary N) is 2.